The quantitative estimate of drug-likeness (QED) is 0.692. The van der Waals surface area contributed by atoms with Gasteiger partial charge < -0.3 is 10.6 Å². The van der Waals surface area contributed by atoms with Gasteiger partial charge in [-0.25, -0.2) is 4.98 Å². The highest BCUT2D eigenvalue weighted by molar-refractivity contribution is 7.09. The largest absolute Gasteiger partial charge is 0.321 e. The van der Waals surface area contributed by atoms with Crippen molar-refractivity contribution in [3.63, 3.8) is 0 Å². The summed E-state index contributed by atoms with van der Waals surface area (Å²) in [7, 11) is 0. The molecule has 0 bridgehead atoms. The van der Waals surface area contributed by atoms with Crippen molar-refractivity contribution >= 4 is 35.3 Å². The van der Waals surface area contributed by atoms with Crippen LogP contribution in [0.3, 0.4) is 0 Å². The minimum absolute atomic E-state index is 0. The molecule has 1 amide bonds. The third-order valence-corrected chi connectivity index (χ3v) is 5.32. The maximum atomic E-state index is 12.5. The lowest BCUT2D eigenvalue weighted by Crippen LogP contribution is -2.32. The monoisotopic (exact) mass is 403 g/mol. The molecule has 2 N–H and O–H groups in total. The number of hydrogen-bond donors (Lipinski definition) is 2. The number of thiazole rings is 1. The molecule has 27 heavy (non-hydrogen) atoms. The van der Waals surface area contributed by atoms with Crippen LogP contribution in [0, 0.1) is 6.92 Å². The molecule has 1 fully saturated rings. The van der Waals surface area contributed by atoms with Gasteiger partial charge in [0.25, 0.3) is 5.91 Å². The van der Waals surface area contributed by atoms with Crippen LogP contribution >= 0.6 is 23.7 Å². The third kappa shape index (κ3) is 4.55. The van der Waals surface area contributed by atoms with Crippen LogP contribution in [-0.2, 0) is 0 Å². The van der Waals surface area contributed by atoms with Crippen LogP contribution in [0.15, 0.2) is 41.9 Å². The fourth-order valence-electron chi connectivity index (χ4n) is 3.14. The normalized spacial score (nSPS) is 16.6. The summed E-state index contributed by atoms with van der Waals surface area (Å²) in [6.45, 7) is 3.95. The highest BCUT2D eigenvalue weighted by atomic mass is 35.5. The Labute approximate surface area is 168 Å². The number of carbonyl (C=O) groups excluding carboxylic acids is 1. The smallest absolute Gasteiger partial charge is 0.276 e. The zero-order chi connectivity index (χ0) is 17.9. The molecule has 1 aliphatic heterocycles. The summed E-state index contributed by atoms with van der Waals surface area (Å²) in [4.78, 5) is 16.9. The van der Waals surface area contributed by atoms with Crippen molar-refractivity contribution in [2.24, 2.45) is 0 Å². The Morgan fingerprint density at radius 3 is 2.78 bits per heavy atom. The van der Waals surface area contributed by atoms with E-state index in [1.165, 1.54) is 0 Å². The minimum Gasteiger partial charge on any atom is -0.321 e. The second-order valence-electron chi connectivity index (χ2n) is 6.46. The van der Waals surface area contributed by atoms with Crippen LogP contribution < -0.4 is 10.6 Å². The van der Waals surface area contributed by atoms with E-state index in [0.29, 0.717) is 11.7 Å². The van der Waals surface area contributed by atoms with Crippen LogP contribution in [-0.4, -0.2) is 33.8 Å². The van der Waals surface area contributed by atoms with Gasteiger partial charge in [-0.05, 0) is 44.5 Å². The van der Waals surface area contributed by atoms with Gasteiger partial charge in [-0.3, -0.25) is 9.48 Å². The SMILES string of the molecule is Cc1nc(-c2ccc(NC(=O)c3ccn(C4CCCNC4)n3)cc2)cs1.Cl. The summed E-state index contributed by atoms with van der Waals surface area (Å²) in [6, 6.07) is 9.82. The van der Waals surface area contributed by atoms with Gasteiger partial charge in [0.1, 0.15) is 0 Å². The van der Waals surface area contributed by atoms with Crippen molar-refractivity contribution in [2.75, 3.05) is 18.4 Å². The Morgan fingerprint density at radius 1 is 1.30 bits per heavy atom. The molecular weight excluding hydrogens is 382 g/mol. The second-order valence-corrected chi connectivity index (χ2v) is 7.53. The number of carbonyl (C=O) groups is 1. The first-order valence-corrected chi connectivity index (χ1v) is 9.67. The van der Waals surface area contributed by atoms with Gasteiger partial charge in [-0.1, -0.05) is 12.1 Å². The molecule has 142 valence electrons. The molecule has 1 aromatic carbocycles. The predicted octanol–water partition coefficient (Wildman–Crippen LogP) is 3.91. The van der Waals surface area contributed by atoms with E-state index < -0.39 is 0 Å². The molecule has 0 saturated carbocycles. The average molecular weight is 404 g/mol. The topological polar surface area (TPSA) is 71.8 Å². The molecule has 1 atom stereocenters. The van der Waals surface area contributed by atoms with E-state index in [0.717, 1.165) is 47.9 Å². The second kappa shape index (κ2) is 8.65. The standard InChI is InChI=1S/C19H21N5OS.ClH/c1-13-21-18(12-26-13)14-4-6-15(7-5-14)22-19(25)17-8-10-24(23-17)16-3-2-9-20-11-16;/h4-8,10,12,16,20H,2-3,9,11H2,1H3,(H,22,25);1H. The summed E-state index contributed by atoms with van der Waals surface area (Å²) < 4.78 is 1.90. The molecule has 2 aromatic heterocycles. The molecule has 3 aromatic rings. The fourth-order valence-corrected chi connectivity index (χ4v) is 3.76. The highest BCUT2D eigenvalue weighted by Crippen LogP contribution is 2.23. The van der Waals surface area contributed by atoms with E-state index >= 15 is 0 Å². The molecule has 3 heterocycles. The maximum absolute atomic E-state index is 12.5. The van der Waals surface area contributed by atoms with Crippen LogP contribution in [0.5, 0.6) is 0 Å². The molecular formula is C19H22ClN5OS. The van der Waals surface area contributed by atoms with Crippen LogP contribution in [0.4, 0.5) is 5.69 Å². The number of halogens is 1. The number of piperidine rings is 1. The number of rotatable bonds is 4. The van der Waals surface area contributed by atoms with E-state index in [1.54, 1.807) is 17.4 Å². The first-order valence-electron chi connectivity index (χ1n) is 8.79. The van der Waals surface area contributed by atoms with Gasteiger partial charge >= 0.3 is 0 Å². The number of anilines is 1. The van der Waals surface area contributed by atoms with Crippen LogP contribution in [0.25, 0.3) is 11.3 Å². The molecule has 6 nitrogen and oxygen atoms in total. The predicted molar refractivity (Wildman–Crippen MR) is 111 cm³/mol. The van der Waals surface area contributed by atoms with Crippen molar-refractivity contribution in [1.82, 2.24) is 20.1 Å². The van der Waals surface area contributed by atoms with Gasteiger partial charge in [0.05, 0.1) is 16.7 Å². The Kier molecular flexibility index (Phi) is 6.26. The lowest BCUT2D eigenvalue weighted by Gasteiger charge is -2.22. The number of nitrogens with one attached hydrogen (secondary N) is 2. The zero-order valence-corrected chi connectivity index (χ0v) is 16.6. The molecule has 1 unspecified atom stereocenters. The summed E-state index contributed by atoms with van der Waals surface area (Å²) in [5, 5.41) is 13.8. The molecule has 0 radical (unpaired) electrons. The number of aromatic nitrogens is 3. The summed E-state index contributed by atoms with van der Waals surface area (Å²) in [5.74, 6) is -0.190. The molecule has 0 spiro atoms. The van der Waals surface area contributed by atoms with Crippen molar-refractivity contribution in [2.45, 2.75) is 25.8 Å². The van der Waals surface area contributed by atoms with Gasteiger partial charge in [0, 0.05) is 29.4 Å². The van der Waals surface area contributed by atoms with Crippen molar-refractivity contribution in [3.05, 3.63) is 52.6 Å². The molecule has 4 rings (SSSR count). The van der Waals surface area contributed by atoms with Crippen LogP contribution in [0.1, 0.15) is 34.4 Å². The summed E-state index contributed by atoms with van der Waals surface area (Å²) >= 11 is 1.63. The first kappa shape index (κ1) is 19.5. The van der Waals surface area contributed by atoms with E-state index in [9.17, 15) is 4.79 Å². The summed E-state index contributed by atoms with van der Waals surface area (Å²) in [5.41, 5.74) is 3.20. The lowest BCUT2D eigenvalue weighted by atomic mass is 10.1. The lowest BCUT2D eigenvalue weighted by molar-refractivity contribution is 0.102. The number of aryl methyl sites for hydroxylation is 1. The number of hydrogen-bond acceptors (Lipinski definition) is 5. The Hall–Kier alpha value is -2.22. The third-order valence-electron chi connectivity index (χ3n) is 4.54. The number of amides is 1. The zero-order valence-electron chi connectivity index (χ0n) is 15.0. The Balaban J connectivity index is 0.00000210. The first-order chi connectivity index (χ1) is 12.7. The van der Waals surface area contributed by atoms with Crippen molar-refractivity contribution in [1.29, 1.82) is 0 Å². The Bertz CT molecular complexity index is 899. The molecule has 1 aliphatic rings. The molecule has 8 heteroatoms. The van der Waals surface area contributed by atoms with Crippen molar-refractivity contribution in [3.8, 4) is 11.3 Å². The van der Waals surface area contributed by atoms with E-state index in [-0.39, 0.29) is 18.3 Å². The molecule has 0 aliphatic carbocycles. The maximum Gasteiger partial charge on any atom is 0.276 e. The van der Waals surface area contributed by atoms with E-state index in [2.05, 4.69) is 20.7 Å². The Morgan fingerprint density at radius 2 is 2.11 bits per heavy atom. The number of benzene rings is 1. The van der Waals surface area contributed by atoms with Crippen molar-refractivity contribution < 1.29 is 4.79 Å². The van der Waals surface area contributed by atoms with E-state index in [4.69, 9.17) is 0 Å². The van der Waals surface area contributed by atoms with Crippen LogP contribution in [0.2, 0.25) is 0 Å². The van der Waals surface area contributed by atoms with Gasteiger partial charge in [-0.2, -0.15) is 5.10 Å². The molecule has 1 saturated heterocycles. The van der Waals surface area contributed by atoms with Gasteiger partial charge in [-0.15, -0.1) is 23.7 Å². The van der Waals surface area contributed by atoms with Gasteiger partial charge in [0.15, 0.2) is 5.69 Å². The summed E-state index contributed by atoms with van der Waals surface area (Å²) in [6.07, 6.45) is 4.12. The van der Waals surface area contributed by atoms with Gasteiger partial charge in [0.2, 0.25) is 0 Å². The fraction of sp³-hybridized carbons (Fsp3) is 0.316. The average Bonchev–Trinajstić information content (AvgIpc) is 3.32. The highest BCUT2D eigenvalue weighted by Gasteiger charge is 2.17. The van der Waals surface area contributed by atoms with E-state index in [1.807, 2.05) is 47.4 Å². The minimum atomic E-state index is -0.190. The number of nitrogens with zero attached hydrogens (tertiary/aromatic N) is 3.